The first-order valence-corrected chi connectivity index (χ1v) is 11.2. The van der Waals surface area contributed by atoms with Crippen molar-refractivity contribution in [1.29, 1.82) is 0 Å². The molecule has 4 heterocycles. The Labute approximate surface area is 189 Å². The van der Waals surface area contributed by atoms with E-state index >= 15 is 0 Å². The van der Waals surface area contributed by atoms with Crippen molar-refractivity contribution in [2.24, 2.45) is 0 Å². The van der Waals surface area contributed by atoms with Gasteiger partial charge in [0.15, 0.2) is 0 Å². The van der Waals surface area contributed by atoms with Gasteiger partial charge in [0.05, 0.1) is 28.7 Å². The summed E-state index contributed by atoms with van der Waals surface area (Å²) in [5.74, 6) is 1.19. The fraction of sp³-hybridized carbons (Fsp3) is 0.500. The monoisotopic (exact) mass is 490 g/mol. The second-order valence-electron chi connectivity index (χ2n) is 7.74. The van der Waals surface area contributed by atoms with E-state index in [4.69, 9.17) is 4.74 Å². The summed E-state index contributed by atoms with van der Waals surface area (Å²) in [5, 5.41) is 11.0. The third-order valence-electron chi connectivity index (χ3n) is 5.41. The molecule has 10 nitrogen and oxygen atoms in total. The van der Waals surface area contributed by atoms with Gasteiger partial charge in [-0.1, -0.05) is 0 Å². The van der Waals surface area contributed by atoms with Crippen LogP contribution < -0.4 is 10.6 Å². The molecule has 2 aromatic rings. The van der Waals surface area contributed by atoms with Crippen molar-refractivity contribution in [1.82, 2.24) is 29.5 Å². The molecule has 31 heavy (non-hydrogen) atoms. The van der Waals surface area contributed by atoms with Crippen LogP contribution in [0.4, 0.5) is 22.2 Å². The average Bonchev–Trinajstić information content (AvgIpc) is 3.23. The van der Waals surface area contributed by atoms with E-state index in [1.165, 1.54) is 6.26 Å². The number of halogens is 1. The molecule has 0 aromatic carbocycles. The van der Waals surface area contributed by atoms with Crippen LogP contribution in [-0.2, 0) is 4.74 Å². The predicted octanol–water partition coefficient (Wildman–Crippen LogP) is 3.21. The van der Waals surface area contributed by atoms with Gasteiger partial charge in [0.25, 0.3) is 0 Å². The topological polar surface area (TPSA) is 100 Å². The summed E-state index contributed by atoms with van der Waals surface area (Å²) in [5.41, 5.74) is 0.865. The Kier molecular flexibility index (Phi) is 7.03. The molecule has 1 amide bonds. The van der Waals surface area contributed by atoms with E-state index in [1.807, 2.05) is 23.2 Å². The summed E-state index contributed by atoms with van der Waals surface area (Å²) >= 11 is 3.49. The lowest BCUT2D eigenvalue weighted by Gasteiger charge is -2.28. The Balaban J connectivity index is 1.29. The van der Waals surface area contributed by atoms with Crippen molar-refractivity contribution in [3.8, 4) is 0 Å². The smallest absolute Gasteiger partial charge is 0.414 e. The van der Waals surface area contributed by atoms with E-state index in [0.717, 1.165) is 42.5 Å². The molecule has 0 saturated carbocycles. The van der Waals surface area contributed by atoms with Crippen molar-refractivity contribution in [2.45, 2.75) is 25.3 Å². The van der Waals surface area contributed by atoms with Gasteiger partial charge in [0.1, 0.15) is 5.82 Å². The van der Waals surface area contributed by atoms with Crippen LogP contribution in [0, 0.1) is 0 Å². The number of hydrogen-bond acceptors (Lipinski definition) is 8. The maximum Gasteiger partial charge on any atom is 0.414 e. The van der Waals surface area contributed by atoms with E-state index < -0.39 is 0 Å². The van der Waals surface area contributed by atoms with Gasteiger partial charge in [-0.3, -0.25) is 4.68 Å². The standard InChI is InChI=1S/C20H27BrN8O2/c1-27-9-4-16(5-10-27)29-14-15(12-24-29)25-19-23-13-17(21)18(26-19)22-6-2-7-28-8-3-11-31-20(28)30/h3,11-14,16H,2,4-10H2,1H3,(H2,22,23,25,26). The number of hydrogen-bond donors (Lipinski definition) is 2. The summed E-state index contributed by atoms with van der Waals surface area (Å²) in [6, 6.07) is 0.433. The van der Waals surface area contributed by atoms with Gasteiger partial charge in [0, 0.05) is 32.0 Å². The van der Waals surface area contributed by atoms with Gasteiger partial charge >= 0.3 is 6.09 Å². The van der Waals surface area contributed by atoms with E-state index in [-0.39, 0.29) is 6.09 Å². The number of amides is 1. The molecule has 0 radical (unpaired) electrons. The number of piperidine rings is 1. The van der Waals surface area contributed by atoms with Crippen LogP contribution in [0.3, 0.4) is 0 Å². The van der Waals surface area contributed by atoms with Crippen LogP contribution in [0.5, 0.6) is 0 Å². The molecule has 2 aliphatic heterocycles. The van der Waals surface area contributed by atoms with Gasteiger partial charge in [0.2, 0.25) is 5.95 Å². The van der Waals surface area contributed by atoms with Crippen LogP contribution in [0.2, 0.25) is 0 Å². The molecule has 0 atom stereocenters. The van der Waals surface area contributed by atoms with Crippen LogP contribution in [0.1, 0.15) is 25.3 Å². The normalized spacial score (nSPS) is 17.6. The summed E-state index contributed by atoms with van der Waals surface area (Å²) in [6.07, 6.45) is 11.5. The molecule has 0 spiro atoms. The minimum Gasteiger partial charge on any atom is -0.418 e. The second kappa shape index (κ2) is 10.1. The number of ether oxygens (including phenoxy) is 1. The quantitative estimate of drug-likeness (QED) is 0.543. The number of likely N-dealkylation sites (tertiary alicyclic amines) is 1. The highest BCUT2D eigenvalue weighted by Gasteiger charge is 2.19. The molecule has 1 fully saturated rings. The predicted molar refractivity (Wildman–Crippen MR) is 121 cm³/mol. The molecule has 0 bridgehead atoms. The molecular formula is C20H27BrN8O2. The number of nitrogens with one attached hydrogen (secondary N) is 2. The fourth-order valence-electron chi connectivity index (χ4n) is 3.63. The van der Waals surface area contributed by atoms with Gasteiger partial charge in [-0.25, -0.2) is 9.78 Å². The maximum atomic E-state index is 11.6. The first-order chi connectivity index (χ1) is 15.1. The van der Waals surface area contributed by atoms with Crippen molar-refractivity contribution >= 4 is 39.5 Å². The molecule has 2 N–H and O–H groups in total. The Morgan fingerprint density at radius 2 is 2.13 bits per heavy atom. The first-order valence-electron chi connectivity index (χ1n) is 10.4. The molecule has 166 valence electrons. The molecule has 0 aliphatic carbocycles. The number of aromatic nitrogens is 4. The lowest BCUT2D eigenvalue weighted by molar-refractivity contribution is 0.133. The highest BCUT2D eigenvalue weighted by molar-refractivity contribution is 9.10. The summed E-state index contributed by atoms with van der Waals surface area (Å²) in [6.45, 7) is 4.04. The van der Waals surface area contributed by atoms with Gasteiger partial charge < -0.3 is 25.2 Å². The van der Waals surface area contributed by atoms with Crippen molar-refractivity contribution in [3.63, 3.8) is 0 Å². The summed E-state index contributed by atoms with van der Waals surface area (Å²) in [7, 11) is 2.15. The van der Waals surface area contributed by atoms with E-state index in [2.05, 4.69) is 53.6 Å². The molecule has 2 aliphatic rings. The molecule has 11 heteroatoms. The number of rotatable bonds is 8. The third-order valence-corrected chi connectivity index (χ3v) is 5.99. The zero-order valence-corrected chi connectivity index (χ0v) is 19.1. The fourth-order valence-corrected chi connectivity index (χ4v) is 3.96. The number of carbonyl (C=O) groups is 1. The van der Waals surface area contributed by atoms with Crippen LogP contribution in [0.25, 0.3) is 0 Å². The van der Waals surface area contributed by atoms with Gasteiger partial charge in [-0.2, -0.15) is 10.1 Å². The highest BCUT2D eigenvalue weighted by Crippen LogP contribution is 2.25. The molecule has 0 unspecified atom stereocenters. The summed E-state index contributed by atoms with van der Waals surface area (Å²) in [4.78, 5) is 24.5. The number of anilines is 3. The molecule has 4 rings (SSSR count). The average molecular weight is 491 g/mol. The van der Waals surface area contributed by atoms with Crippen LogP contribution in [-0.4, -0.2) is 75.4 Å². The molecule has 1 saturated heterocycles. The van der Waals surface area contributed by atoms with E-state index in [9.17, 15) is 4.79 Å². The minimum absolute atomic E-state index is 0.307. The summed E-state index contributed by atoms with van der Waals surface area (Å²) < 4.78 is 7.70. The third kappa shape index (κ3) is 5.73. The Hall–Kier alpha value is -2.66. The Morgan fingerprint density at radius 1 is 1.29 bits per heavy atom. The lowest BCUT2D eigenvalue weighted by atomic mass is 10.1. The minimum atomic E-state index is -0.307. The van der Waals surface area contributed by atoms with E-state index in [0.29, 0.717) is 37.4 Å². The molecule has 2 aromatic heterocycles. The van der Waals surface area contributed by atoms with Crippen LogP contribution in [0.15, 0.2) is 35.4 Å². The number of cyclic esters (lactones) is 1. The van der Waals surface area contributed by atoms with Crippen LogP contribution >= 0.6 is 15.9 Å². The largest absolute Gasteiger partial charge is 0.418 e. The zero-order chi connectivity index (χ0) is 21.6. The number of nitrogens with zero attached hydrogens (tertiary/aromatic N) is 6. The Bertz CT molecular complexity index is 926. The molecular weight excluding hydrogens is 464 g/mol. The van der Waals surface area contributed by atoms with Gasteiger partial charge in [-0.15, -0.1) is 0 Å². The SMILES string of the molecule is CN1CCC(n2cc(Nc3ncc(Br)c(NCCCN4CC=COC4=O)n3)cn2)CC1. The van der Waals surface area contributed by atoms with Gasteiger partial charge in [-0.05, 0) is 61.4 Å². The first kappa shape index (κ1) is 21.6. The lowest BCUT2D eigenvalue weighted by Crippen LogP contribution is -2.34. The van der Waals surface area contributed by atoms with E-state index in [1.54, 1.807) is 11.1 Å². The Morgan fingerprint density at radius 3 is 2.94 bits per heavy atom. The zero-order valence-electron chi connectivity index (χ0n) is 17.5. The van der Waals surface area contributed by atoms with Crippen molar-refractivity contribution in [2.75, 3.05) is 50.4 Å². The maximum absolute atomic E-state index is 11.6. The van der Waals surface area contributed by atoms with Crippen molar-refractivity contribution < 1.29 is 9.53 Å². The number of carbonyl (C=O) groups excluding carboxylic acids is 1. The highest BCUT2D eigenvalue weighted by atomic mass is 79.9. The van der Waals surface area contributed by atoms with Crippen molar-refractivity contribution in [3.05, 3.63) is 35.4 Å². The second-order valence-corrected chi connectivity index (χ2v) is 8.59.